The summed E-state index contributed by atoms with van der Waals surface area (Å²) in [7, 11) is 0. The number of aliphatic imine (C=N–C) groups is 1. The van der Waals surface area contributed by atoms with Crippen LogP contribution in [0.5, 0.6) is 5.75 Å². The van der Waals surface area contributed by atoms with E-state index in [0.717, 1.165) is 16.7 Å². The van der Waals surface area contributed by atoms with Gasteiger partial charge >= 0.3 is 0 Å². The summed E-state index contributed by atoms with van der Waals surface area (Å²) < 4.78 is 26.2. The van der Waals surface area contributed by atoms with Crippen LogP contribution >= 0.6 is 0 Å². The molecule has 1 amide bonds. The molecule has 5 aromatic carbocycles. The van der Waals surface area contributed by atoms with Crippen LogP contribution in [0.15, 0.2) is 138 Å². The topological polar surface area (TPSA) is 141 Å². The number of ether oxygens (including phenoxy) is 2. The Morgan fingerprint density at radius 3 is 2.39 bits per heavy atom. The number of carbonyl (C=O) groups excluding carboxylic acids is 1. The molecule has 11 heteroatoms. The molecule has 6 rings (SSSR count). The van der Waals surface area contributed by atoms with E-state index in [9.17, 15) is 14.7 Å². The number of nitrogens with zero attached hydrogens (tertiary/aromatic N) is 4. The highest BCUT2D eigenvalue weighted by Crippen LogP contribution is 2.44. The van der Waals surface area contributed by atoms with E-state index in [1.165, 1.54) is 12.1 Å². The van der Waals surface area contributed by atoms with E-state index in [4.69, 9.17) is 19.6 Å². The standard InChI is InChI=1S/C40H37FN6O4/c41-34-12-6-8-28(26-34)22-23-43-46-39(49)40(27-33-11-4-5-13-36(33)45-47-42)37(31-16-14-30(15-17-31)29-9-2-1-3-10-29)51-38(44-40)32-18-20-35(21-19-32)50-25-7-24-48/h1-6,8-21,26,37,43,48H,7,22-25,27H2,(H,46,49)/t37-,40-/m0/s1. The zero-order valence-corrected chi connectivity index (χ0v) is 27.8. The number of hydrogen-bond acceptors (Lipinski definition) is 7. The fraction of sp³-hybridized carbons (Fsp3) is 0.200. The van der Waals surface area contributed by atoms with Gasteiger partial charge in [0, 0.05) is 42.2 Å². The maximum Gasteiger partial charge on any atom is 0.266 e. The number of aliphatic hydroxyl groups is 1. The summed E-state index contributed by atoms with van der Waals surface area (Å²) >= 11 is 0. The lowest BCUT2D eigenvalue weighted by molar-refractivity contribution is -0.130. The second-order valence-electron chi connectivity index (χ2n) is 12.0. The Morgan fingerprint density at radius 1 is 0.922 bits per heavy atom. The second-order valence-corrected chi connectivity index (χ2v) is 12.0. The molecule has 51 heavy (non-hydrogen) atoms. The fourth-order valence-electron chi connectivity index (χ4n) is 6.01. The van der Waals surface area contributed by atoms with Crippen molar-refractivity contribution < 1.29 is 23.8 Å². The molecule has 0 unspecified atom stereocenters. The van der Waals surface area contributed by atoms with E-state index in [1.807, 2.05) is 78.9 Å². The molecule has 0 aliphatic carbocycles. The lowest BCUT2D eigenvalue weighted by atomic mass is 9.81. The Balaban J connectivity index is 1.38. The third kappa shape index (κ3) is 8.42. The Labute approximate surface area is 295 Å². The molecule has 258 valence electrons. The van der Waals surface area contributed by atoms with Gasteiger partial charge in [-0.15, -0.1) is 0 Å². The predicted molar refractivity (Wildman–Crippen MR) is 194 cm³/mol. The summed E-state index contributed by atoms with van der Waals surface area (Å²) in [6, 6.07) is 38.4. The minimum Gasteiger partial charge on any atom is -0.494 e. The highest BCUT2D eigenvalue weighted by atomic mass is 19.1. The van der Waals surface area contributed by atoms with E-state index in [1.54, 1.807) is 36.4 Å². The molecule has 3 N–H and O–H groups in total. The van der Waals surface area contributed by atoms with Crippen molar-refractivity contribution >= 4 is 17.5 Å². The molecule has 5 aromatic rings. The van der Waals surface area contributed by atoms with Crippen molar-refractivity contribution in [3.8, 4) is 16.9 Å². The second kappa shape index (κ2) is 16.6. The molecule has 0 radical (unpaired) electrons. The summed E-state index contributed by atoms with van der Waals surface area (Å²) in [6.45, 7) is 0.726. The summed E-state index contributed by atoms with van der Waals surface area (Å²) in [4.78, 5) is 22.7. The Hall–Kier alpha value is -6.00. The molecule has 10 nitrogen and oxygen atoms in total. The minimum atomic E-state index is -1.56. The molecule has 0 aromatic heterocycles. The summed E-state index contributed by atoms with van der Waals surface area (Å²) in [5.74, 6) is 0.0810. The van der Waals surface area contributed by atoms with E-state index in [0.29, 0.717) is 54.1 Å². The normalized spacial score (nSPS) is 16.4. The third-order valence-corrected chi connectivity index (χ3v) is 8.58. The number of aliphatic hydroxyl groups excluding tert-OH is 1. The van der Waals surface area contributed by atoms with Crippen LogP contribution in [-0.4, -0.2) is 42.2 Å². The number of halogens is 1. The largest absolute Gasteiger partial charge is 0.494 e. The van der Waals surface area contributed by atoms with Gasteiger partial charge in [0.2, 0.25) is 5.90 Å². The first-order valence-electron chi connectivity index (χ1n) is 16.7. The molecule has 0 fully saturated rings. The molecule has 0 spiro atoms. The highest BCUT2D eigenvalue weighted by molar-refractivity contribution is 6.01. The van der Waals surface area contributed by atoms with Crippen molar-refractivity contribution in [3.05, 3.63) is 166 Å². The van der Waals surface area contributed by atoms with Gasteiger partial charge in [0.25, 0.3) is 5.91 Å². The molecule has 0 saturated heterocycles. The number of azide groups is 1. The Morgan fingerprint density at radius 2 is 1.65 bits per heavy atom. The number of hydrogen-bond donors (Lipinski definition) is 3. The first-order chi connectivity index (χ1) is 25.0. The SMILES string of the molecule is [N-]=[N+]=Nc1ccccc1C[C@]1(C(=O)NNCCc2cccc(F)c2)N=C(c2ccc(OCCCO)cc2)O[C@H]1c1ccc(-c2ccccc2)cc1. The molecule has 1 aliphatic heterocycles. The van der Waals surface area contributed by atoms with Gasteiger partial charge < -0.3 is 14.6 Å². The van der Waals surface area contributed by atoms with Gasteiger partial charge in [0.15, 0.2) is 11.6 Å². The monoisotopic (exact) mass is 684 g/mol. The van der Waals surface area contributed by atoms with E-state index in [-0.39, 0.29) is 24.7 Å². The maximum atomic E-state index is 14.6. The van der Waals surface area contributed by atoms with Crippen molar-refractivity contribution in [2.24, 2.45) is 10.1 Å². The first-order valence-corrected chi connectivity index (χ1v) is 16.7. The summed E-state index contributed by atoms with van der Waals surface area (Å²) in [6.07, 6.45) is 0.124. The van der Waals surface area contributed by atoms with Gasteiger partial charge in [-0.25, -0.2) is 14.8 Å². The Bertz CT molecular complexity index is 2020. The zero-order chi connectivity index (χ0) is 35.5. The molecule has 1 aliphatic rings. The number of benzene rings is 5. The number of amides is 1. The van der Waals surface area contributed by atoms with Gasteiger partial charge in [-0.3, -0.25) is 10.2 Å². The van der Waals surface area contributed by atoms with Gasteiger partial charge in [0.05, 0.1) is 6.61 Å². The van der Waals surface area contributed by atoms with Crippen LogP contribution in [0.4, 0.5) is 10.1 Å². The van der Waals surface area contributed by atoms with Crippen molar-refractivity contribution in [2.45, 2.75) is 30.9 Å². The average molecular weight is 685 g/mol. The summed E-state index contributed by atoms with van der Waals surface area (Å²) in [5, 5.41) is 13.0. The van der Waals surface area contributed by atoms with E-state index >= 15 is 0 Å². The van der Waals surface area contributed by atoms with Crippen LogP contribution in [0.2, 0.25) is 0 Å². The predicted octanol–water partition coefficient (Wildman–Crippen LogP) is 7.56. The van der Waals surface area contributed by atoms with E-state index < -0.39 is 17.6 Å². The van der Waals surface area contributed by atoms with Crippen LogP contribution < -0.4 is 15.6 Å². The van der Waals surface area contributed by atoms with Crippen molar-refractivity contribution in [3.63, 3.8) is 0 Å². The molecule has 1 heterocycles. The number of hydrazine groups is 1. The average Bonchev–Trinajstić information content (AvgIpc) is 3.55. The highest BCUT2D eigenvalue weighted by Gasteiger charge is 2.53. The molecule has 0 bridgehead atoms. The van der Waals surface area contributed by atoms with Crippen LogP contribution in [0.25, 0.3) is 21.6 Å². The molecule has 2 atom stereocenters. The molecular weight excluding hydrogens is 647 g/mol. The number of nitrogens with one attached hydrogen (secondary N) is 2. The zero-order valence-electron chi connectivity index (χ0n) is 27.8. The smallest absolute Gasteiger partial charge is 0.266 e. The molecular formula is C40H37FN6O4. The third-order valence-electron chi connectivity index (χ3n) is 8.58. The van der Waals surface area contributed by atoms with Crippen LogP contribution in [0.1, 0.15) is 34.8 Å². The number of carbonyl (C=O) groups is 1. The van der Waals surface area contributed by atoms with E-state index in [2.05, 4.69) is 20.9 Å². The maximum absolute atomic E-state index is 14.6. The quantitative estimate of drug-likeness (QED) is 0.0343. The lowest BCUT2D eigenvalue weighted by Crippen LogP contribution is -2.54. The number of rotatable bonds is 15. The van der Waals surface area contributed by atoms with Gasteiger partial charge in [-0.2, -0.15) is 0 Å². The first kappa shape index (κ1) is 34.8. The molecule has 0 saturated carbocycles. The van der Waals surface area contributed by atoms with Crippen molar-refractivity contribution in [1.82, 2.24) is 10.9 Å². The Kier molecular flexibility index (Phi) is 11.3. The van der Waals surface area contributed by atoms with Crippen LogP contribution in [0, 0.1) is 5.82 Å². The van der Waals surface area contributed by atoms with Crippen molar-refractivity contribution in [1.29, 1.82) is 0 Å². The lowest BCUT2D eigenvalue weighted by Gasteiger charge is -2.31. The minimum absolute atomic E-state index is 0.0308. The van der Waals surface area contributed by atoms with Crippen molar-refractivity contribution in [2.75, 3.05) is 19.8 Å². The van der Waals surface area contributed by atoms with Gasteiger partial charge in [0.1, 0.15) is 11.6 Å². The van der Waals surface area contributed by atoms with Gasteiger partial charge in [-0.1, -0.05) is 96.1 Å². The fourth-order valence-corrected chi connectivity index (χ4v) is 6.01. The van der Waals surface area contributed by atoms with Gasteiger partial charge in [-0.05, 0) is 76.2 Å². The summed E-state index contributed by atoms with van der Waals surface area (Å²) in [5.41, 5.74) is 18.8. The van der Waals surface area contributed by atoms with Crippen LogP contribution in [-0.2, 0) is 22.4 Å². The van der Waals surface area contributed by atoms with Crippen LogP contribution in [0.3, 0.4) is 0 Å².